The van der Waals surface area contributed by atoms with E-state index in [0.717, 1.165) is 6.07 Å². The highest BCUT2D eigenvalue weighted by atomic mass is 79.9. The number of benzene rings is 1. The minimum Gasteiger partial charge on any atom is -0.379 e. The summed E-state index contributed by atoms with van der Waals surface area (Å²) in [6.45, 7) is 0.179. The standard InChI is InChI=1S/C11H10BrF3N4/c1-19-6-8(17-18-19)5-16-10-3-2-7(12)4-9(10)11(13,14)15/h2-4,6,16H,5H2,1H3. The first kappa shape index (κ1) is 13.9. The van der Waals surface area contributed by atoms with E-state index in [1.807, 2.05) is 0 Å². The molecule has 1 N–H and O–H groups in total. The third kappa shape index (κ3) is 3.46. The molecule has 0 saturated heterocycles. The molecule has 0 amide bonds. The van der Waals surface area contributed by atoms with E-state index < -0.39 is 11.7 Å². The molecule has 1 aromatic carbocycles. The first-order chi connectivity index (χ1) is 8.86. The lowest BCUT2D eigenvalue weighted by atomic mass is 10.1. The lowest BCUT2D eigenvalue weighted by molar-refractivity contribution is -0.137. The van der Waals surface area contributed by atoms with Crippen molar-refractivity contribution in [2.45, 2.75) is 12.7 Å². The maximum absolute atomic E-state index is 12.9. The summed E-state index contributed by atoms with van der Waals surface area (Å²) in [7, 11) is 1.69. The lowest BCUT2D eigenvalue weighted by Crippen LogP contribution is -2.11. The predicted molar refractivity (Wildman–Crippen MR) is 67.5 cm³/mol. The predicted octanol–water partition coefficient (Wildman–Crippen LogP) is 3.21. The maximum Gasteiger partial charge on any atom is 0.418 e. The number of halogens is 4. The normalized spacial score (nSPS) is 11.6. The molecule has 0 spiro atoms. The average Bonchev–Trinajstić information content (AvgIpc) is 2.72. The van der Waals surface area contributed by atoms with Crippen molar-refractivity contribution >= 4 is 21.6 Å². The summed E-state index contributed by atoms with van der Waals surface area (Å²) >= 11 is 3.03. The van der Waals surface area contributed by atoms with Crippen molar-refractivity contribution in [2.24, 2.45) is 7.05 Å². The van der Waals surface area contributed by atoms with Crippen molar-refractivity contribution in [1.29, 1.82) is 0 Å². The molecule has 8 heteroatoms. The van der Waals surface area contributed by atoms with Crippen LogP contribution in [0.4, 0.5) is 18.9 Å². The number of rotatable bonds is 3. The van der Waals surface area contributed by atoms with Gasteiger partial charge in [0.25, 0.3) is 0 Å². The largest absolute Gasteiger partial charge is 0.418 e. The zero-order chi connectivity index (χ0) is 14.0. The molecule has 19 heavy (non-hydrogen) atoms. The minimum atomic E-state index is -4.41. The molecule has 2 rings (SSSR count). The van der Waals surface area contributed by atoms with E-state index in [9.17, 15) is 13.2 Å². The van der Waals surface area contributed by atoms with Crippen LogP contribution < -0.4 is 5.32 Å². The molecule has 0 aliphatic carbocycles. The summed E-state index contributed by atoms with van der Waals surface area (Å²) in [6, 6.07) is 3.97. The topological polar surface area (TPSA) is 42.7 Å². The third-order valence-corrected chi connectivity index (χ3v) is 2.89. The molecular formula is C11H10BrF3N4. The van der Waals surface area contributed by atoms with Gasteiger partial charge in [-0.05, 0) is 18.2 Å². The van der Waals surface area contributed by atoms with Gasteiger partial charge >= 0.3 is 6.18 Å². The van der Waals surface area contributed by atoms with Crippen LogP contribution in [0.1, 0.15) is 11.3 Å². The Bertz CT molecular complexity index is 580. The fraction of sp³-hybridized carbons (Fsp3) is 0.273. The third-order valence-electron chi connectivity index (χ3n) is 2.40. The van der Waals surface area contributed by atoms with Crippen molar-refractivity contribution in [1.82, 2.24) is 15.0 Å². The van der Waals surface area contributed by atoms with E-state index in [-0.39, 0.29) is 12.2 Å². The van der Waals surface area contributed by atoms with E-state index in [0.29, 0.717) is 10.2 Å². The summed E-state index contributed by atoms with van der Waals surface area (Å²) in [5, 5.41) is 10.2. The highest BCUT2D eigenvalue weighted by Crippen LogP contribution is 2.36. The molecule has 0 unspecified atom stereocenters. The molecule has 0 atom stereocenters. The number of nitrogens with zero attached hydrogens (tertiary/aromatic N) is 3. The Morgan fingerprint density at radius 3 is 2.68 bits per heavy atom. The van der Waals surface area contributed by atoms with E-state index >= 15 is 0 Å². The minimum absolute atomic E-state index is 0.0151. The maximum atomic E-state index is 12.9. The highest BCUT2D eigenvalue weighted by Gasteiger charge is 2.33. The zero-order valence-corrected chi connectivity index (χ0v) is 11.5. The summed E-state index contributed by atoms with van der Waals surface area (Å²) < 4.78 is 40.5. The SMILES string of the molecule is Cn1cc(CNc2ccc(Br)cc2C(F)(F)F)nn1. The van der Waals surface area contributed by atoms with Crippen LogP contribution in [0.15, 0.2) is 28.9 Å². The molecule has 0 bridgehead atoms. The molecule has 0 saturated carbocycles. The van der Waals surface area contributed by atoms with Gasteiger partial charge in [-0.1, -0.05) is 21.1 Å². The second-order valence-corrected chi connectivity index (χ2v) is 4.84. The number of aromatic nitrogens is 3. The van der Waals surface area contributed by atoms with Crippen LogP contribution in [0.5, 0.6) is 0 Å². The van der Waals surface area contributed by atoms with Gasteiger partial charge in [-0.2, -0.15) is 13.2 Å². The first-order valence-electron chi connectivity index (χ1n) is 5.32. The summed E-state index contributed by atoms with van der Waals surface area (Å²) in [5.74, 6) is 0. The van der Waals surface area contributed by atoms with E-state index in [1.165, 1.54) is 10.7 Å². The summed E-state index contributed by atoms with van der Waals surface area (Å²) in [6.07, 6.45) is -2.77. The molecule has 1 heterocycles. The summed E-state index contributed by atoms with van der Waals surface area (Å²) in [4.78, 5) is 0. The molecule has 0 aliphatic heterocycles. The fourth-order valence-electron chi connectivity index (χ4n) is 1.57. The smallest absolute Gasteiger partial charge is 0.379 e. The van der Waals surface area contributed by atoms with E-state index in [1.54, 1.807) is 19.3 Å². The molecule has 0 fully saturated rings. The van der Waals surface area contributed by atoms with Gasteiger partial charge in [0, 0.05) is 23.4 Å². The van der Waals surface area contributed by atoms with Gasteiger partial charge in [-0.3, -0.25) is 4.68 Å². The van der Waals surface area contributed by atoms with Crippen molar-refractivity contribution < 1.29 is 13.2 Å². The van der Waals surface area contributed by atoms with Gasteiger partial charge in [-0.25, -0.2) is 0 Å². The Balaban J connectivity index is 2.20. The second-order valence-electron chi connectivity index (χ2n) is 3.92. The van der Waals surface area contributed by atoms with Crippen LogP contribution in [0, 0.1) is 0 Å². The quantitative estimate of drug-likeness (QED) is 0.937. The Kier molecular flexibility index (Phi) is 3.79. The Hall–Kier alpha value is -1.57. The monoisotopic (exact) mass is 334 g/mol. The molecular weight excluding hydrogens is 325 g/mol. The Labute approximate surface area is 115 Å². The van der Waals surface area contributed by atoms with Gasteiger partial charge in [0.2, 0.25) is 0 Å². The molecule has 1 aromatic heterocycles. The lowest BCUT2D eigenvalue weighted by Gasteiger charge is -2.14. The highest BCUT2D eigenvalue weighted by molar-refractivity contribution is 9.10. The zero-order valence-electron chi connectivity index (χ0n) is 9.87. The van der Waals surface area contributed by atoms with Crippen molar-refractivity contribution in [3.8, 4) is 0 Å². The Morgan fingerprint density at radius 1 is 1.37 bits per heavy atom. The van der Waals surface area contributed by atoms with Gasteiger partial charge < -0.3 is 5.32 Å². The molecule has 2 aromatic rings. The molecule has 0 radical (unpaired) electrons. The van der Waals surface area contributed by atoms with Gasteiger partial charge in [-0.15, -0.1) is 5.10 Å². The van der Waals surface area contributed by atoms with Gasteiger partial charge in [0.1, 0.15) is 5.69 Å². The number of hydrogen-bond acceptors (Lipinski definition) is 3. The summed E-state index contributed by atoms with van der Waals surface area (Å²) in [5.41, 5.74) is -0.134. The average molecular weight is 335 g/mol. The molecule has 0 aliphatic rings. The number of hydrogen-bond donors (Lipinski definition) is 1. The molecule has 4 nitrogen and oxygen atoms in total. The number of aryl methyl sites for hydroxylation is 1. The number of nitrogens with one attached hydrogen (secondary N) is 1. The van der Waals surface area contributed by atoms with Crippen LogP contribution in [0.3, 0.4) is 0 Å². The van der Waals surface area contributed by atoms with Crippen molar-refractivity contribution in [2.75, 3.05) is 5.32 Å². The van der Waals surface area contributed by atoms with Crippen LogP contribution in [-0.2, 0) is 19.8 Å². The second kappa shape index (κ2) is 5.20. The van der Waals surface area contributed by atoms with E-state index in [4.69, 9.17) is 0 Å². The fourth-order valence-corrected chi connectivity index (χ4v) is 1.93. The molecule has 102 valence electrons. The van der Waals surface area contributed by atoms with Crippen LogP contribution in [-0.4, -0.2) is 15.0 Å². The number of alkyl halides is 3. The number of anilines is 1. The Morgan fingerprint density at radius 2 is 2.11 bits per heavy atom. The van der Waals surface area contributed by atoms with Crippen LogP contribution in [0.25, 0.3) is 0 Å². The van der Waals surface area contributed by atoms with Crippen LogP contribution in [0.2, 0.25) is 0 Å². The van der Waals surface area contributed by atoms with Gasteiger partial charge in [0.15, 0.2) is 0 Å². The van der Waals surface area contributed by atoms with E-state index in [2.05, 4.69) is 31.6 Å². The van der Waals surface area contributed by atoms with Crippen molar-refractivity contribution in [3.05, 3.63) is 40.1 Å². The van der Waals surface area contributed by atoms with Gasteiger partial charge in [0.05, 0.1) is 12.1 Å². The first-order valence-corrected chi connectivity index (χ1v) is 6.11. The van der Waals surface area contributed by atoms with Crippen LogP contribution >= 0.6 is 15.9 Å². The van der Waals surface area contributed by atoms with Crippen molar-refractivity contribution in [3.63, 3.8) is 0 Å².